The number of aromatic nitrogens is 1. The second kappa shape index (κ2) is 7.95. The van der Waals surface area contributed by atoms with Crippen molar-refractivity contribution in [2.24, 2.45) is 11.7 Å². The number of benzene rings is 1. The molecule has 136 valence electrons. The molecule has 7 nitrogen and oxygen atoms in total. The molecule has 2 N–H and O–H groups in total. The summed E-state index contributed by atoms with van der Waals surface area (Å²) in [5, 5.41) is 0.950. The molecule has 0 atom stereocenters. The third-order valence-electron chi connectivity index (χ3n) is 4.66. The minimum atomic E-state index is -0.469. The van der Waals surface area contributed by atoms with Crippen LogP contribution < -0.4 is 5.73 Å². The van der Waals surface area contributed by atoms with Gasteiger partial charge in [-0.15, -0.1) is 0 Å². The number of pyridine rings is 1. The van der Waals surface area contributed by atoms with Crippen molar-refractivity contribution in [2.75, 3.05) is 19.7 Å². The van der Waals surface area contributed by atoms with Gasteiger partial charge in [-0.1, -0.05) is 24.3 Å². The van der Waals surface area contributed by atoms with E-state index in [1.807, 2.05) is 30.3 Å². The van der Waals surface area contributed by atoms with Crippen LogP contribution in [0.5, 0.6) is 0 Å². The Kier molecular flexibility index (Phi) is 5.46. The zero-order valence-electron chi connectivity index (χ0n) is 14.4. The maximum Gasteiger partial charge on any atom is 0.310 e. The van der Waals surface area contributed by atoms with Crippen LogP contribution in [0.25, 0.3) is 10.9 Å². The smallest absolute Gasteiger partial charge is 0.310 e. The number of rotatable bonds is 5. The standard InChI is InChI=1S/C19H21N3O4/c20-19(25)14-6-9-22(10-7-14)16(23)12-26-17(24)11-15-4-1-3-13-5-2-8-21-18(13)15/h1-5,8,14H,6-7,9-12H2,(H2,20,25). The molecule has 2 aromatic rings. The van der Waals surface area contributed by atoms with Crippen LogP contribution in [0, 0.1) is 5.92 Å². The van der Waals surface area contributed by atoms with Gasteiger partial charge in [0.1, 0.15) is 0 Å². The number of hydrogen-bond acceptors (Lipinski definition) is 5. The molecule has 0 unspecified atom stereocenters. The summed E-state index contributed by atoms with van der Waals surface area (Å²) in [6.45, 7) is 0.618. The fraction of sp³-hybridized carbons (Fsp3) is 0.368. The SMILES string of the molecule is NC(=O)C1CCN(C(=O)COC(=O)Cc2cccc3cccnc23)CC1. The number of amides is 2. The summed E-state index contributed by atoms with van der Waals surface area (Å²) in [6.07, 6.45) is 2.84. The van der Waals surface area contributed by atoms with Crippen molar-refractivity contribution in [2.45, 2.75) is 19.3 Å². The molecule has 26 heavy (non-hydrogen) atoms. The van der Waals surface area contributed by atoms with E-state index in [0.29, 0.717) is 25.9 Å². The monoisotopic (exact) mass is 355 g/mol. The van der Waals surface area contributed by atoms with Gasteiger partial charge < -0.3 is 15.4 Å². The molecule has 0 saturated carbocycles. The number of likely N-dealkylation sites (tertiary alicyclic amines) is 1. The van der Waals surface area contributed by atoms with Crippen LogP contribution in [-0.2, 0) is 25.5 Å². The van der Waals surface area contributed by atoms with E-state index in [-0.39, 0.29) is 30.8 Å². The van der Waals surface area contributed by atoms with Crippen molar-refractivity contribution < 1.29 is 19.1 Å². The van der Waals surface area contributed by atoms with Gasteiger partial charge in [0.05, 0.1) is 11.9 Å². The van der Waals surface area contributed by atoms with Gasteiger partial charge in [-0.25, -0.2) is 0 Å². The average Bonchev–Trinajstić information content (AvgIpc) is 2.66. The first-order chi connectivity index (χ1) is 12.5. The van der Waals surface area contributed by atoms with Gasteiger partial charge in [-0.05, 0) is 24.5 Å². The fourth-order valence-corrected chi connectivity index (χ4v) is 3.16. The van der Waals surface area contributed by atoms with Crippen LogP contribution in [0.1, 0.15) is 18.4 Å². The van der Waals surface area contributed by atoms with E-state index in [1.54, 1.807) is 11.1 Å². The molecule has 0 aliphatic carbocycles. The van der Waals surface area contributed by atoms with Crippen molar-refractivity contribution in [1.29, 1.82) is 0 Å². The molecule has 3 rings (SSSR count). The Morgan fingerprint density at radius 2 is 1.88 bits per heavy atom. The van der Waals surface area contributed by atoms with E-state index in [1.165, 1.54) is 0 Å². The second-order valence-corrected chi connectivity index (χ2v) is 6.39. The summed E-state index contributed by atoms with van der Waals surface area (Å²) < 4.78 is 5.13. The molecule has 1 aliphatic rings. The summed E-state index contributed by atoms with van der Waals surface area (Å²) in [6, 6.07) is 9.38. The van der Waals surface area contributed by atoms with Gasteiger partial charge in [0.15, 0.2) is 6.61 Å². The molecule has 1 aromatic carbocycles. The predicted molar refractivity (Wildman–Crippen MR) is 94.9 cm³/mol. The number of hydrogen-bond donors (Lipinski definition) is 1. The zero-order valence-corrected chi connectivity index (χ0v) is 14.4. The molecule has 7 heteroatoms. The molecule has 0 radical (unpaired) electrons. The maximum absolute atomic E-state index is 12.2. The highest BCUT2D eigenvalue weighted by atomic mass is 16.5. The number of primary amides is 1. The summed E-state index contributed by atoms with van der Waals surface area (Å²) >= 11 is 0. The molecule has 0 spiro atoms. The topological polar surface area (TPSA) is 103 Å². The number of nitrogens with zero attached hydrogens (tertiary/aromatic N) is 2. The Labute approximate surface area is 151 Å². The number of piperidine rings is 1. The van der Waals surface area contributed by atoms with Gasteiger partial charge in [0.2, 0.25) is 5.91 Å². The lowest BCUT2D eigenvalue weighted by molar-refractivity contribution is -0.152. The number of carbonyl (C=O) groups is 3. The van der Waals surface area contributed by atoms with Crippen LogP contribution in [0.15, 0.2) is 36.5 Å². The van der Waals surface area contributed by atoms with E-state index in [2.05, 4.69) is 4.98 Å². The molecule has 2 amide bonds. The van der Waals surface area contributed by atoms with Crippen molar-refractivity contribution in [3.63, 3.8) is 0 Å². The third-order valence-corrected chi connectivity index (χ3v) is 4.66. The molecule has 1 saturated heterocycles. The van der Waals surface area contributed by atoms with Gasteiger partial charge in [0.25, 0.3) is 5.91 Å². The second-order valence-electron chi connectivity index (χ2n) is 6.39. The van der Waals surface area contributed by atoms with Crippen molar-refractivity contribution in [3.05, 3.63) is 42.1 Å². The van der Waals surface area contributed by atoms with E-state index >= 15 is 0 Å². The lowest BCUT2D eigenvalue weighted by Crippen LogP contribution is -2.43. The van der Waals surface area contributed by atoms with Gasteiger partial charge in [0, 0.05) is 30.6 Å². The summed E-state index contributed by atoms with van der Waals surface area (Å²) in [5.74, 6) is -1.23. The normalized spacial score (nSPS) is 15.0. The molecule has 2 heterocycles. The van der Waals surface area contributed by atoms with Crippen LogP contribution in [-0.4, -0.2) is 47.4 Å². The van der Waals surface area contributed by atoms with E-state index in [0.717, 1.165) is 16.5 Å². The van der Waals surface area contributed by atoms with Crippen molar-refractivity contribution in [3.8, 4) is 0 Å². The first-order valence-electron chi connectivity index (χ1n) is 8.60. The largest absolute Gasteiger partial charge is 0.455 e. The Bertz CT molecular complexity index is 823. The van der Waals surface area contributed by atoms with Crippen molar-refractivity contribution in [1.82, 2.24) is 9.88 Å². The van der Waals surface area contributed by atoms with Gasteiger partial charge in [-0.3, -0.25) is 19.4 Å². The molecule has 0 bridgehead atoms. The average molecular weight is 355 g/mol. The Hall–Kier alpha value is -2.96. The summed E-state index contributed by atoms with van der Waals surface area (Å²) in [5.41, 5.74) is 6.81. The Morgan fingerprint density at radius 1 is 1.15 bits per heavy atom. The molecular formula is C19H21N3O4. The lowest BCUT2D eigenvalue weighted by Gasteiger charge is -2.30. The number of fused-ring (bicyclic) bond motifs is 1. The molecular weight excluding hydrogens is 334 g/mol. The van der Waals surface area contributed by atoms with Crippen LogP contribution in [0.4, 0.5) is 0 Å². The first kappa shape index (κ1) is 17.8. The molecule has 1 aliphatic heterocycles. The fourth-order valence-electron chi connectivity index (χ4n) is 3.16. The zero-order chi connectivity index (χ0) is 18.5. The number of esters is 1. The predicted octanol–water partition coefficient (Wildman–Crippen LogP) is 1.04. The van der Waals surface area contributed by atoms with E-state index < -0.39 is 5.97 Å². The Morgan fingerprint density at radius 3 is 2.62 bits per heavy atom. The number of para-hydroxylation sites is 1. The molecule has 1 aromatic heterocycles. The van der Waals surface area contributed by atoms with Crippen LogP contribution >= 0.6 is 0 Å². The van der Waals surface area contributed by atoms with Crippen LogP contribution in [0.3, 0.4) is 0 Å². The lowest BCUT2D eigenvalue weighted by atomic mass is 9.96. The Balaban J connectivity index is 1.51. The van der Waals surface area contributed by atoms with Crippen molar-refractivity contribution >= 4 is 28.7 Å². The summed E-state index contributed by atoms with van der Waals surface area (Å²) in [4.78, 5) is 41.3. The maximum atomic E-state index is 12.2. The van der Waals surface area contributed by atoms with Gasteiger partial charge in [-0.2, -0.15) is 0 Å². The van der Waals surface area contributed by atoms with E-state index in [9.17, 15) is 14.4 Å². The number of ether oxygens (including phenoxy) is 1. The minimum Gasteiger partial charge on any atom is -0.455 e. The minimum absolute atomic E-state index is 0.0609. The first-order valence-corrected chi connectivity index (χ1v) is 8.60. The highest BCUT2D eigenvalue weighted by molar-refractivity contribution is 5.87. The number of carbonyl (C=O) groups excluding carboxylic acids is 3. The van der Waals surface area contributed by atoms with Gasteiger partial charge >= 0.3 is 5.97 Å². The van der Waals surface area contributed by atoms with E-state index in [4.69, 9.17) is 10.5 Å². The summed E-state index contributed by atoms with van der Waals surface area (Å²) in [7, 11) is 0. The number of nitrogens with two attached hydrogens (primary N) is 1. The van der Waals surface area contributed by atoms with Crippen LogP contribution in [0.2, 0.25) is 0 Å². The molecule has 1 fully saturated rings. The highest BCUT2D eigenvalue weighted by Crippen LogP contribution is 2.18. The highest BCUT2D eigenvalue weighted by Gasteiger charge is 2.26. The quantitative estimate of drug-likeness (QED) is 0.808. The third kappa shape index (κ3) is 4.17.